The first-order valence-corrected chi connectivity index (χ1v) is 7.18. The van der Waals surface area contributed by atoms with Crippen LogP contribution < -0.4 is 10.6 Å². The maximum atomic E-state index is 8.92. The molecule has 0 fully saturated rings. The summed E-state index contributed by atoms with van der Waals surface area (Å²) < 4.78 is 0. The van der Waals surface area contributed by atoms with Crippen molar-refractivity contribution < 1.29 is 5.21 Å². The van der Waals surface area contributed by atoms with Gasteiger partial charge in [0.1, 0.15) is 5.82 Å². The molecule has 0 radical (unpaired) electrons. The highest BCUT2D eigenvalue weighted by Gasteiger charge is 2.15. The molecule has 0 aliphatic carbocycles. The van der Waals surface area contributed by atoms with Crippen LogP contribution in [0.15, 0.2) is 34.9 Å². The molecule has 0 aromatic carbocycles. The number of nitrogens with two attached hydrogens (primary N) is 1. The topological polar surface area (TPSA) is 74.7 Å². The molecule has 106 valence electrons. The van der Waals surface area contributed by atoms with Crippen LogP contribution >= 0.6 is 11.3 Å². The molecule has 2 aromatic heterocycles. The Morgan fingerprint density at radius 2 is 2.30 bits per heavy atom. The Kier molecular flexibility index (Phi) is 4.57. The third-order valence-electron chi connectivity index (χ3n) is 3.14. The second-order valence-electron chi connectivity index (χ2n) is 4.56. The van der Waals surface area contributed by atoms with E-state index in [0.29, 0.717) is 5.56 Å². The molecule has 3 N–H and O–H groups in total. The molecule has 0 spiro atoms. The van der Waals surface area contributed by atoms with Crippen molar-refractivity contribution in [3.63, 3.8) is 0 Å². The van der Waals surface area contributed by atoms with Crippen molar-refractivity contribution in [3.8, 4) is 0 Å². The van der Waals surface area contributed by atoms with E-state index in [9.17, 15) is 0 Å². The first-order valence-electron chi connectivity index (χ1n) is 6.30. The average Bonchev–Trinajstić information content (AvgIpc) is 2.97. The van der Waals surface area contributed by atoms with Gasteiger partial charge < -0.3 is 15.8 Å². The van der Waals surface area contributed by atoms with E-state index in [1.165, 1.54) is 4.88 Å². The fraction of sp³-hybridized carbons (Fsp3) is 0.286. The zero-order valence-electron chi connectivity index (χ0n) is 11.6. The summed E-state index contributed by atoms with van der Waals surface area (Å²) >= 11 is 1.74. The molecule has 0 bridgehead atoms. The van der Waals surface area contributed by atoms with Crippen LogP contribution in [0, 0.1) is 6.92 Å². The second kappa shape index (κ2) is 6.38. The molecule has 6 heteroatoms. The third kappa shape index (κ3) is 3.08. The van der Waals surface area contributed by atoms with Crippen molar-refractivity contribution in [1.29, 1.82) is 0 Å². The summed E-state index contributed by atoms with van der Waals surface area (Å²) in [5.41, 5.74) is 7.38. The number of hydrogen-bond acceptors (Lipinski definition) is 5. The summed E-state index contributed by atoms with van der Waals surface area (Å²) in [6.45, 7) is 2.74. The summed E-state index contributed by atoms with van der Waals surface area (Å²) in [5, 5.41) is 14.1. The Balaban J connectivity index is 2.21. The highest BCUT2D eigenvalue weighted by Crippen LogP contribution is 2.20. The predicted molar refractivity (Wildman–Crippen MR) is 82.8 cm³/mol. The number of aromatic nitrogens is 1. The van der Waals surface area contributed by atoms with Crippen molar-refractivity contribution in [2.45, 2.75) is 13.3 Å². The minimum atomic E-state index is 0.0913. The van der Waals surface area contributed by atoms with E-state index in [0.717, 1.165) is 24.3 Å². The number of thiophene rings is 1. The number of nitrogens with zero attached hydrogens (tertiary/aromatic N) is 3. The van der Waals surface area contributed by atoms with E-state index in [2.05, 4.69) is 21.6 Å². The third-order valence-corrected chi connectivity index (χ3v) is 4.07. The lowest BCUT2D eigenvalue weighted by molar-refractivity contribution is 0.318. The Hall–Kier alpha value is -2.08. The lowest BCUT2D eigenvalue weighted by Crippen LogP contribution is -2.26. The predicted octanol–water partition coefficient (Wildman–Crippen LogP) is 2.22. The number of likely N-dealkylation sites (N-methyl/N-ethyl adjacent to an activating group) is 1. The van der Waals surface area contributed by atoms with Crippen molar-refractivity contribution in [2.24, 2.45) is 10.9 Å². The molecular formula is C14H18N4OS. The number of aryl methyl sites for hydroxylation is 1. The lowest BCUT2D eigenvalue weighted by Gasteiger charge is -2.21. The van der Waals surface area contributed by atoms with Gasteiger partial charge in [0.2, 0.25) is 0 Å². The lowest BCUT2D eigenvalue weighted by atomic mass is 10.1. The number of pyridine rings is 1. The fourth-order valence-electron chi connectivity index (χ4n) is 2.04. The monoisotopic (exact) mass is 290 g/mol. The molecule has 0 saturated carbocycles. The van der Waals surface area contributed by atoms with Gasteiger partial charge in [-0.2, -0.15) is 0 Å². The summed E-state index contributed by atoms with van der Waals surface area (Å²) in [7, 11) is 1.96. The molecule has 0 unspecified atom stereocenters. The number of oxime groups is 1. The molecule has 20 heavy (non-hydrogen) atoms. The molecule has 0 saturated heterocycles. The summed E-state index contributed by atoms with van der Waals surface area (Å²) in [4.78, 5) is 7.72. The van der Waals surface area contributed by atoms with Gasteiger partial charge in [-0.1, -0.05) is 11.2 Å². The average molecular weight is 290 g/mol. The number of rotatable bonds is 5. The Morgan fingerprint density at radius 1 is 1.50 bits per heavy atom. The highest BCUT2D eigenvalue weighted by molar-refractivity contribution is 7.09. The standard InChI is InChI=1S/C14H18N4OS/c1-10-5-7-16-14(12(10)13(15)17-19)18(2)8-6-11-4-3-9-20-11/h3-5,7,9,19H,6,8H2,1-2H3,(H2,15,17). The van der Waals surface area contributed by atoms with Gasteiger partial charge in [-0.25, -0.2) is 4.98 Å². The quantitative estimate of drug-likeness (QED) is 0.383. The molecule has 0 amide bonds. The molecule has 0 aliphatic heterocycles. The van der Waals surface area contributed by atoms with Crippen LogP contribution in [-0.2, 0) is 6.42 Å². The largest absolute Gasteiger partial charge is 0.409 e. The van der Waals surface area contributed by atoms with Gasteiger partial charge in [0.05, 0.1) is 5.56 Å². The molecular weight excluding hydrogens is 272 g/mol. The Labute approximate surface area is 122 Å². The van der Waals surface area contributed by atoms with E-state index in [-0.39, 0.29) is 5.84 Å². The van der Waals surface area contributed by atoms with Crippen molar-refractivity contribution >= 4 is 23.0 Å². The van der Waals surface area contributed by atoms with E-state index >= 15 is 0 Å². The summed E-state index contributed by atoms with van der Waals surface area (Å²) in [6, 6.07) is 6.02. The summed E-state index contributed by atoms with van der Waals surface area (Å²) in [6.07, 6.45) is 2.68. The SMILES string of the molecule is Cc1ccnc(N(C)CCc2cccs2)c1/C(N)=N/O. The molecule has 0 aliphatic rings. The van der Waals surface area contributed by atoms with E-state index < -0.39 is 0 Å². The zero-order valence-corrected chi connectivity index (χ0v) is 12.4. The van der Waals surface area contributed by atoms with Crippen LogP contribution in [-0.4, -0.2) is 29.6 Å². The van der Waals surface area contributed by atoms with Crippen LogP contribution in [0.2, 0.25) is 0 Å². The van der Waals surface area contributed by atoms with Crippen molar-refractivity contribution in [2.75, 3.05) is 18.5 Å². The maximum Gasteiger partial charge on any atom is 0.174 e. The van der Waals surface area contributed by atoms with Crippen LogP contribution in [0.3, 0.4) is 0 Å². The van der Waals surface area contributed by atoms with Gasteiger partial charge in [-0.3, -0.25) is 0 Å². The van der Waals surface area contributed by atoms with Gasteiger partial charge in [0.15, 0.2) is 5.84 Å². The van der Waals surface area contributed by atoms with Crippen LogP contribution in [0.1, 0.15) is 16.0 Å². The van der Waals surface area contributed by atoms with Crippen molar-refractivity contribution in [3.05, 3.63) is 45.8 Å². The fourth-order valence-corrected chi connectivity index (χ4v) is 2.74. The van der Waals surface area contributed by atoms with Gasteiger partial charge in [-0.05, 0) is 36.4 Å². The molecule has 5 nitrogen and oxygen atoms in total. The minimum absolute atomic E-state index is 0.0913. The first-order chi connectivity index (χ1) is 9.63. The van der Waals surface area contributed by atoms with Crippen LogP contribution in [0.5, 0.6) is 0 Å². The smallest absolute Gasteiger partial charge is 0.174 e. The number of anilines is 1. The summed E-state index contributed by atoms with van der Waals surface area (Å²) in [5.74, 6) is 0.824. The maximum absolute atomic E-state index is 8.92. The van der Waals surface area contributed by atoms with Gasteiger partial charge in [0.25, 0.3) is 0 Å². The Morgan fingerprint density at radius 3 is 2.95 bits per heavy atom. The molecule has 2 heterocycles. The molecule has 0 atom stereocenters. The second-order valence-corrected chi connectivity index (χ2v) is 5.59. The van der Waals surface area contributed by atoms with Crippen LogP contribution in [0.25, 0.3) is 0 Å². The zero-order chi connectivity index (χ0) is 14.5. The van der Waals surface area contributed by atoms with Gasteiger partial charge in [0, 0.05) is 24.7 Å². The van der Waals surface area contributed by atoms with E-state index in [4.69, 9.17) is 10.9 Å². The first kappa shape index (κ1) is 14.3. The highest BCUT2D eigenvalue weighted by atomic mass is 32.1. The molecule has 2 aromatic rings. The van der Waals surface area contributed by atoms with Crippen molar-refractivity contribution in [1.82, 2.24) is 4.98 Å². The number of hydrogen-bond donors (Lipinski definition) is 2. The van der Waals surface area contributed by atoms with E-state index in [1.54, 1.807) is 17.5 Å². The van der Waals surface area contributed by atoms with Gasteiger partial charge in [-0.15, -0.1) is 11.3 Å². The molecule has 2 rings (SSSR count). The van der Waals surface area contributed by atoms with E-state index in [1.807, 2.05) is 31.0 Å². The Bertz CT molecular complexity index is 595. The van der Waals surface area contributed by atoms with Crippen LogP contribution in [0.4, 0.5) is 5.82 Å². The number of amidine groups is 1. The minimum Gasteiger partial charge on any atom is -0.409 e. The van der Waals surface area contributed by atoms with Gasteiger partial charge >= 0.3 is 0 Å². The normalized spacial score (nSPS) is 11.6.